The Morgan fingerprint density at radius 2 is 1.61 bits per heavy atom. The van der Waals surface area contributed by atoms with Crippen LogP contribution in [0.15, 0.2) is 66.7 Å². The normalized spacial score (nSPS) is 10.5. The molecular formula is C19H15F2NO. The summed E-state index contributed by atoms with van der Waals surface area (Å²) in [5, 5.41) is 0. The fourth-order valence-corrected chi connectivity index (χ4v) is 2.31. The fraction of sp³-hybridized carbons (Fsp3) is 0.0526. The molecule has 23 heavy (non-hydrogen) atoms. The van der Waals surface area contributed by atoms with Crippen molar-refractivity contribution in [3.8, 4) is 16.9 Å². The maximum atomic E-state index is 14.3. The first-order valence-corrected chi connectivity index (χ1v) is 7.16. The summed E-state index contributed by atoms with van der Waals surface area (Å²) < 4.78 is 33.9. The third-order valence-corrected chi connectivity index (χ3v) is 3.48. The highest BCUT2D eigenvalue weighted by Gasteiger charge is 2.16. The van der Waals surface area contributed by atoms with Gasteiger partial charge in [-0.3, -0.25) is 0 Å². The zero-order valence-corrected chi connectivity index (χ0v) is 12.3. The van der Waals surface area contributed by atoms with Crippen LogP contribution in [0.1, 0.15) is 5.56 Å². The molecule has 3 aromatic rings. The molecule has 0 atom stereocenters. The number of rotatable bonds is 4. The summed E-state index contributed by atoms with van der Waals surface area (Å²) in [7, 11) is 0. The van der Waals surface area contributed by atoms with E-state index >= 15 is 0 Å². The molecule has 0 aliphatic carbocycles. The van der Waals surface area contributed by atoms with Crippen molar-refractivity contribution in [3.63, 3.8) is 0 Å². The molecule has 0 aliphatic heterocycles. The second kappa shape index (κ2) is 6.48. The first-order chi connectivity index (χ1) is 11.1. The van der Waals surface area contributed by atoms with E-state index in [0.29, 0.717) is 11.3 Å². The maximum absolute atomic E-state index is 14.3. The molecule has 3 aromatic carbocycles. The van der Waals surface area contributed by atoms with Gasteiger partial charge in [-0.2, -0.15) is 4.39 Å². The van der Waals surface area contributed by atoms with Crippen LogP contribution >= 0.6 is 0 Å². The van der Waals surface area contributed by atoms with Gasteiger partial charge in [0.25, 0.3) is 0 Å². The fourth-order valence-electron chi connectivity index (χ4n) is 2.31. The molecule has 0 aliphatic rings. The summed E-state index contributed by atoms with van der Waals surface area (Å²) in [4.78, 5) is 0. The SMILES string of the molecule is Nc1cccc(-c2ccc(OCc3ccccc3)c(F)c2F)c1. The van der Waals surface area contributed by atoms with Gasteiger partial charge < -0.3 is 10.5 Å². The highest BCUT2D eigenvalue weighted by Crippen LogP contribution is 2.31. The van der Waals surface area contributed by atoms with Crippen LogP contribution in [0.25, 0.3) is 11.1 Å². The summed E-state index contributed by atoms with van der Waals surface area (Å²) in [5.74, 6) is -2.05. The lowest BCUT2D eigenvalue weighted by molar-refractivity contribution is 0.285. The van der Waals surface area contributed by atoms with Crippen LogP contribution in [0.3, 0.4) is 0 Å². The Morgan fingerprint density at radius 1 is 0.826 bits per heavy atom. The van der Waals surface area contributed by atoms with E-state index in [-0.39, 0.29) is 17.9 Å². The van der Waals surface area contributed by atoms with Crippen molar-refractivity contribution in [2.75, 3.05) is 5.73 Å². The van der Waals surface area contributed by atoms with Gasteiger partial charge in [-0.25, -0.2) is 4.39 Å². The van der Waals surface area contributed by atoms with Crippen LogP contribution in [-0.4, -0.2) is 0 Å². The molecule has 0 heterocycles. The van der Waals surface area contributed by atoms with Crippen LogP contribution in [0.5, 0.6) is 5.75 Å². The number of hydrogen-bond acceptors (Lipinski definition) is 2. The van der Waals surface area contributed by atoms with E-state index < -0.39 is 11.6 Å². The molecule has 0 unspecified atom stereocenters. The number of nitrogens with two attached hydrogens (primary N) is 1. The van der Waals surface area contributed by atoms with Crippen molar-refractivity contribution in [2.24, 2.45) is 0 Å². The number of ether oxygens (including phenoxy) is 1. The average molecular weight is 311 g/mol. The summed E-state index contributed by atoms with van der Waals surface area (Å²) >= 11 is 0. The highest BCUT2D eigenvalue weighted by molar-refractivity contribution is 5.68. The lowest BCUT2D eigenvalue weighted by atomic mass is 10.0. The van der Waals surface area contributed by atoms with E-state index in [4.69, 9.17) is 10.5 Å². The van der Waals surface area contributed by atoms with Crippen molar-refractivity contribution in [1.29, 1.82) is 0 Å². The first kappa shape index (κ1) is 15.0. The predicted molar refractivity (Wildman–Crippen MR) is 87.0 cm³/mol. The Balaban J connectivity index is 1.86. The Kier molecular flexibility index (Phi) is 4.24. The number of nitrogen functional groups attached to an aromatic ring is 1. The lowest BCUT2D eigenvalue weighted by Crippen LogP contribution is -2.00. The van der Waals surface area contributed by atoms with E-state index in [2.05, 4.69) is 0 Å². The summed E-state index contributed by atoms with van der Waals surface area (Å²) in [5.41, 5.74) is 7.74. The van der Waals surface area contributed by atoms with Gasteiger partial charge >= 0.3 is 0 Å². The molecular weight excluding hydrogens is 296 g/mol. The van der Waals surface area contributed by atoms with E-state index in [9.17, 15) is 8.78 Å². The van der Waals surface area contributed by atoms with E-state index in [1.165, 1.54) is 12.1 Å². The van der Waals surface area contributed by atoms with Crippen LogP contribution in [-0.2, 0) is 6.61 Å². The third kappa shape index (κ3) is 3.31. The molecule has 2 nitrogen and oxygen atoms in total. The maximum Gasteiger partial charge on any atom is 0.201 e. The molecule has 0 saturated heterocycles. The molecule has 2 N–H and O–H groups in total. The molecule has 0 radical (unpaired) electrons. The van der Waals surface area contributed by atoms with Crippen molar-refractivity contribution < 1.29 is 13.5 Å². The monoisotopic (exact) mass is 311 g/mol. The summed E-state index contributed by atoms with van der Waals surface area (Å²) in [6, 6.07) is 18.9. The van der Waals surface area contributed by atoms with Crippen molar-refractivity contribution in [3.05, 3.63) is 83.9 Å². The molecule has 0 bridgehead atoms. The van der Waals surface area contributed by atoms with Crippen LogP contribution < -0.4 is 10.5 Å². The van der Waals surface area contributed by atoms with E-state index in [0.717, 1.165) is 5.56 Å². The van der Waals surface area contributed by atoms with Crippen LogP contribution in [0.2, 0.25) is 0 Å². The Hall–Kier alpha value is -2.88. The van der Waals surface area contributed by atoms with Gasteiger partial charge in [0, 0.05) is 11.3 Å². The average Bonchev–Trinajstić information content (AvgIpc) is 2.57. The van der Waals surface area contributed by atoms with Gasteiger partial charge in [-0.15, -0.1) is 0 Å². The van der Waals surface area contributed by atoms with Crippen molar-refractivity contribution >= 4 is 5.69 Å². The van der Waals surface area contributed by atoms with Crippen LogP contribution in [0, 0.1) is 11.6 Å². The van der Waals surface area contributed by atoms with Gasteiger partial charge in [0.15, 0.2) is 11.6 Å². The molecule has 4 heteroatoms. The van der Waals surface area contributed by atoms with Crippen molar-refractivity contribution in [2.45, 2.75) is 6.61 Å². The zero-order chi connectivity index (χ0) is 16.2. The molecule has 116 valence electrons. The molecule has 0 spiro atoms. The van der Waals surface area contributed by atoms with E-state index in [1.807, 2.05) is 30.3 Å². The van der Waals surface area contributed by atoms with Crippen molar-refractivity contribution in [1.82, 2.24) is 0 Å². The number of hydrogen-bond donors (Lipinski definition) is 1. The molecule has 0 amide bonds. The minimum atomic E-state index is -0.999. The predicted octanol–water partition coefficient (Wildman–Crippen LogP) is 4.79. The van der Waals surface area contributed by atoms with Gasteiger partial charge in [0.05, 0.1) is 0 Å². The molecule has 0 fully saturated rings. The Morgan fingerprint density at radius 3 is 2.35 bits per heavy atom. The Labute approximate surface area is 133 Å². The van der Waals surface area contributed by atoms with Gasteiger partial charge in [-0.1, -0.05) is 42.5 Å². The molecule has 3 rings (SSSR count). The second-order valence-electron chi connectivity index (χ2n) is 5.14. The number of anilines is 1. The summed E-state index contributed by atoms with van der Waals surface area (Å²) in [6.45, 7) is 0.175. The van der Waals surface area contributed by atoms with Gasteiger partial charge in [0.1, 0.15) is 6.61 Å². The molecule has 0 saturated carbocycles. The first-order valence-electron chi connectivity index (χ1n) is 7.16. The van der Waals surface area contributed by atoms with Gasteiger partial charge in [0.2, 0.25) is 5.82 Å². The smallest absolute Gasteiger partial charge is 0.201 e. The number of halogens is 2. The minimum Gasteiger partial charge on any atom is -0.486 e. The third-order valence-electron chi connectivity index (χ3n) is 3.48. The quantitative estimate of drug-likeness (QED) is 0.703. The zero-order valence-electron chi connectivity index (χ0n) is 12.3. The second-order valence-corrected chi connectivity index (χ2v) is 5.14. The molecule has 0 aromatic heterocycles. The largest absolute Gasteiger partial charge is 0.486 e. The number of benzene rings is 3. The topological polar surface area (TPSA) is 35.2 Å². The minimum absolute atomic E-state index is 0.112. The lowest BCUT2D eigenvalue weighted by Gasteiger charge is -2.11. The van der Waals surface area contributed by atoms with Crippen LogP contribution in [0.4, 0.5) is 14.5 Å². The van der Waals surface area contributed by atoms with Gasteiger partial charge in [-0.05, 0) is 35.4 Å². The summed E-state index contributed by atoms with van der Waals surface area (Å²) in [6.07, 6.45) is 0. The standard InChI is InChI=1S/C19H15F2NO/c20-18-16(14-7-4-8-15(22)11-14)9-10-17(19(18)21)23-12-13-5-2-1-3-6-13/h1-11H,12,22H2. The Bertz CT molecular complexity index is 819. The highest BCUT2D eigenvalue weighted by atomic mass is 19.2. The van der Waals surface area contributed by atoms with E-state index in [1.54, 1.807) is 24.3 Å².